The van der Waals surface area contributed by atoms with E-state index in [0.29, 0.717) is 6.61 Å². The van der Waals surface area contributed by atoms with Crippen molar-refractivity contribution in [3.05, 3.63) is 36.7 Å². The van der Waals surface area contributed by atoms with Crippen molar-refractivity contribution in [2.24, 2.45) is 5.73 Å². The van der Waals surface area contributed by atoms with E-state index in [4.69, 9.17) is 10.5 Å². The van der Waals surface area contributed by atoms with Crippen LogP contribution in [0.3, 0.4) is 0 Å². The maximum Gasteiger partial charge on any atom is 0.128 e. The average molecular weight is 216 g/mol. The second kappa shape index (κ2) is 5.47. The Kier molecular flexibility index (Phi) is 3.72. The molecule has 1 aromatic heterocycles. The number of ether oxygens (including phenoxy) is 1. The van der Waals surface area contributed by atoms with Crippen molar-refractivity contribution in [3.8, 4) is 5.75 Å². The molecule has 0 saturated carbocycles. The van der Waals surface area contributed by atoms with E-state index in [1.54, 1.807) is 6.20 Å². The van der Waals surface area contributed by atoms with Crippen molar-refractivity contribution in [2.45, 2.75) is 12.8 Å². The molecule has 0 atom stereocenters. The quantitative estimate of drug-likeness (QED) is 0.780. The molecule has 0 amide bonds. The highest BCUT2D eigenvalue weighted by molar-refractivity contribution is 5.87. The minimum atomic E-state index is 0.713. The van der Waals surface area contributed by atoms with Crippen molar-refractivity contribution in [2.75, 3.05) is 13.2 Å². The molecule has 16 heavy (non-hydrogen) atoms. The Bertz CT molecular complexity index is 451. The van der Waals surface area contributed by atoms with E-state index in [1.165, 1.54) is 0 Å². The Hall–Kier alpha value is -1.61. The molecule has 0 unspecified atom stereocenters. The third kappa shape index (κ3) is 2.49. The minimum Gasteiger partial charge on any atom is -0.493 e. The topological polar surface area (TPSA) is 48.1 Å². The van der Waals surface area contributed by atoms with E-state index < -0.39 is 0 Å². The van der Waals surface area contributed by atoms with Gasteiger partial charge < -0.3 is 10.5 Å². The van der Waals surface area contributed by atoms with Gasteiger partial charge in [-0.25, -0.2) is 0 Å². The molecule has 0 aliphatic rings. The number of nitrogens with two attached hydrogens (primary N) is 1. The largest absolute Gasteiger partial charge is 0.493 e. The van der Waals surface area contributed by atoms with Gasteiger partial charge in [0.15, 0.2) is 0 Å². The van der Waals surface area contributed by atoms with Gasteiger partial charge in [-0.3, -0.25) is 4.98 Å². The van der Waals surface area contributed by atoms with E-state index in [-0.39, 0.29) is 0 Å². The molecule has 2 aromatic rings. The lowest BCUT2D eigenvalue weighted by Crippen LogP contribution is -2.03. The molecule has 2 rings (SSSR count). The first kappa shape index (κ1) is 10.9. The first-order chi connectivity index (χ1) is 7.92. The van der Waals surface area contributed by atoms with Crippen LogP contribution < -0.4 is 10.5 Å². The first-order valence-electron chi connectivity index (χ1n) is 5.57. The fourth-order valence-electron chi connectivity index (χ4n) is 1.64. The number of benzene rings is 1. The predicted molar refractivity (Wildman–Crippen MR) is 65.5 cm³/mol. The van der Waals surface area contributed by atoms with Crippen molar-refractivity contribution in [1.29, 1.82) is 0 Å². The number of unbranched alkanes of at least 4 members (excludes halogenated alkanes) is 1. The van der Waals surface area contributed by atoms with Gasteiger partial charge in [0.25, 0.3) is 0 Å². The van der Waals surface area contributed by atoms with Crippen LogP contribution in [-0.4, -0.2) is 18.1 Å². The van der Waals surface area contributed by atoms with Gasteiger partial charge in [-0.2, -0.15) is 0 Å². The van der Waals surface area contributed by atoms with Gasteiger partial charge in [0.2, 0.25) is 0 Å². The molecule has 0 spiro atoms. The van der Waals surface area contributed by atoms with Crippen LogP contribution in [0.4, 0.5) is 0 Å². The van der Waals surface area contributed by atoms with E-state index in [2.05, 4.69) is 11.1 Å². The number of hydrogen-bond donors (Lipinski definition) is 1. The third-order valence-electron chi connectivity index (χ3n) is 2.50. The van der Waals surface area contributed by atoms with Crippen molar-refractivity contribution in [3.63, 3.8) is 0 Å². The Morgan fingerprint density at radius 2 is 2.12 bits per heavy atom. The lowest BCUT2D eigenvalue weighted by Gasteiger charge is -2.08. The monoisotopic (exact) mass is 216 g/mol. The fourth-order valence-corrected chi connectivity index (χ4v) is 1.64. The van der Waals surface area contributed by atoms with Crippen molar-refractivity contribution < 1.29 is 4.74 Å². The number of aromatic nitrogens is 1. The summed E-state index contributed by atoms with van der Waals surface area (Å²) in [5.74, 6) is 0.905. The zero-order chi connectivity index (χ0) is 11.2. The molecule has 1 aromatic carbocycles. The Labute approximate surface area is 95.2 Å². The smallest absolute Gasteiger partial charge is 0.128 e. The summed E-state index contributed by atoms with van der Waals surface area (Å²) < 4.78 is 5.73. The van der Waals surface area contributed by atoms with Gasteiger partial charge in [-0.15, -0.1) is 0 Å². The molecule has 1 heterocycles. The Morgan fingerprint density at radius 1 is 1.19 bits per heavy atom. The van der Waals surface area contributed by atoms with Crippen LogP contribution in [-0.2, 0) is 0 Å². The van der Waals surface area contributed by atoms with Gasteiger partial charge in [-0.1, -0.05) is 12.1 Å². The van der Waals surface area contributed by atoms with Crippen molar-refractivity contribution >= 4 is 10.8 Å². The summed E-state index contributed by atoms with van der Waals surface area (Å²) in [7, 11) is 0. The second-order valence-corrected chi connectivity index (χ2v) is 3.70. The maximum absolute atomic E-state index is 5.73. The highest BCUT2D eigenvalue weighted by Crippen LogP contribution is 2.24. The molecular formula is C13H16N2O. The molecular weight excluding hydrogens is 200 g/mol. The molecule has 0 radical (unpaired) electrons. The summed E-state index contributed by atoms with van der Waals surface area (Å²) in [6.07, 6.45) is 5.63. The SMILES string of the molecule is NCCCCOc1cccc2ccncc12. The summed E-state index contributed by atoms with van der Waals surface area (Å²) in [5, 5.41) is 2.23. The Morgan fingerprint density at radius 3 is 3.00 bits per heavy atom. The Balaban J connectivity index is 2.11. The summed E-state index contributed by atoms with van der Waals surface area (Å²) in [6.45, 7) is 1.44. The van der Waals surface area contributed by atoms with Crippen LogP contribution in [0.1, 0.15) is 12.8 Å². The molecule has 0 saturated heterocycles. The van der Waals surface area contributed by atoms with E-state index in [9.17, 15) is 0 Å². The second-order valence-electron chi connectivity index (χ2n) is 3.70. The molecule has 0 fully saturated rings. The normalized spacial score (nSPS) is 10.6. The summed E-state index contributed by atoms with van der Waals surface area (Å²) in [5.41, 5.74) is 5.43. The molecule has 0 aliphatic carbocycles. The maximum atomic E-state index is 5.73. The highest BCUT2D eigenvalue weighted by Gasteiger charge is 2.00. The van der Waals surface area contributed by atoms with E-state index in [1.807, 2.05) is 24.4 Å². The summed E-state index contributed by atoms with van der Waals surface area (Å²) in [4.78, 5) is 4.12. The standard InChI is InChI=1S/C13H16N2O/c14-7-1-2-9-16-13-5-3-4-11-6-8-15-10-12(11)13/h3-6,8,10H,1-2,7,9,14H2. The first-order valence-corrected chi connectivity index (χ1v) is 5.57. The van der Waals surface area contributed by atoms with Crippen LogP contribution in [0.2, 0.25) is 0 Å². The molecule has 3 heteroatoms. The van der Waals surface area contributed by atoms with Gasteiger partial charge in [0.05, 0.1) is 6.61 Å². The van der Waals surface area contributed by atoms with Gasteiger partial charge in [0, 0.05) is 17.8 Å². The predicted octanol–water partition coefficient (Wildman–Crippen LogP) is 2.35. The number of hydrogen-bond acceptors (Lipinski definition) is 3. The lowest BCUT2D eigenvalue weighted by atomic mass is 10.1. The van der Waals surface area contributed by atoms with Gasteiger partial charge in [-0.05, 0) is 36.9 Å². The molecule has 0 bridgehead atoms. The number of fused-ring (bicyclic) bond motifs is 1. The number of pyridine rings is 1. The molecule has 2 N–H and O–H groups in total. The van der Waals surface area contributed by atoms with E-state index in [0.717, 1.165) is 35.9 Å². The molecule has 3 nitrogen and oxygen atoms in total. The van der Waals surface area contributed by atoms with Gasteiger partial charge in [0.1, 0.15) is 5.75 Å². The van der Waals surface area contributed by atoms with Crippen LogP contribution in [0.25, 0.3) is 10.8 Å². The van der Waals surface area contributed by atoms with Gasteiger partial charge >= 0.3 is 0 Å². The fraction of sp³-hybridized carbons (Fsp3) is 0.308. The summed E-state index contributed by atoms with van der Waals surface area (Å²) >= 11 is 0. The minimum absolute atomic E-state index is 0.713. The number of nitrogens with zero attached hydrogens (tertiary/aromatic N) is 1. The zero-order valence-corrected chi connectivity index (χ0v) is 9.23. The molecule has 0 aliphatic heterocycles. The van der Waals surface area contributed by atoms with Crippen LogP contribution in [0.5, 0.6) is 5.75 Å². The third-order valence-corrected chi connectivity index (χ3v) is 2.50. The summed E-state index contributed by atoms with van der Waals surface area (Å²) in [6, 6.07) is 8.03. The highest BCUT2D eigenvalue weighted by atomic mass is 16.5. The number of rotatable bonds is 5. The average Bonchev–Trinajstić information content (AvgIpc) is 2.35. The lowest BCUT2D eigenvalue weighted by molar-refractivity contribution is 0.311. The zero-order valence-electron chi connectivity index (χ0n) is 9.23. The van der Waals surface area contributed by atoms with E-state index >= 15 is 0 Å². The molecule has 84 valence electrons. The van der Waals surface area contributed by atoms with Crippen LogP contribution in [0.15, 0.2) is 36.7 Å². The van der Waals surface area contributed by atoms with Crippen LogP contribution >= 0.6 is 0 Å². The van der Waals surface area contributed by atoms with Crippen molar-refractivity contribution in [1.82, 2.24) is 4.98 Å². The van der Waals surface area contributed by atoms with Crippen LogP contribution in [0, 0.1) is 0 Å².